The molecular weight excluding hydrogens is 284 g/mol. The van der Waals surface area contributed by atoms with Crippen molar-refractivity contribution in [3.05, 3.63) is 29.8 Å². The highest BCUT2D eigenvalue weighted by Gasteiger charge is 2.40. The average Bonchev–Trinajstić information content (AvgIpc) is 2.70. The molecule has 1 aromatic carbocycles. The molecule has 1 aromatic rings. The lowest BCUT2D eigenvalue weighted by Crippen LogP contribution is -2.27. The zero-order chi connectivity index (χ0) is 15.1. The van der Waals surface area contributed by atoms with Gasteiger partial charge in [0.2, 0.25) is 0 Å². The van der Waals surface area contributed by atoms with Crippen molar-refractivity contribution in [1.82, 2.24) is 4.83 Å². The summed E-state index contributed by atoms with van der Waals surface area (Å²) >= 11 is 0. The van der Waals surface area contributed by atoms with Crippen molar-refractivity contribution in [3.63, 3.8) is 0 Å². The van der Waals surface area contributed by atoms with Crippen molar-refractivity contribution in [3.8, 4) is 0 Å². The van der Waals surface area contributed by atoms with E-state index in [4.69, 9.17) is 0 Å². The van der Waals surface area contributed by atoms with Gasteiger partial charge in [0.25, 0.3) is 10.0 Å². The predicted octanol–water partition coefficient (Wildman–Crippen LogP) is 3.23. The number of hydrogen-bond acceptors (Lipinski definition) is 3. The Morgan fingerprint density at radius 3 is 2.67 bits per heavy atom. The number of nitrogens with zero attached hydrogens (tertiary/aromatic N) is 1. The van der Waals surface area contributed by atoms with Gasteiger partial charge < -0.3 is 0 Å². The first-order valence-electron chi connectivity index (χ1n) is 7.50. The predicted molar refractivity (Wildman–Crippen MR) is 83.6 cm³/mol. The molecule has 0 aliphatic heterocycles. The molecular formula is C16H22N2O2S. The molecule has 0 saturated heterocycles. The number of hydrogen-bond donors (Lipinski definition) is 1. The van der Waals surface area contributed by atoms with E-state index in [9.17, 15) is 8.42 Å². The van der Waals surface area contributed by atoms with Crippen LogP contribution in [0.5, 0.6) is 0 Å². The van der Waals surface area contributed by atoms with Gasteiger partial charge in [0.05, 0.1) is 4.90 Å². The molecule has 2 unspecified atom stereocenters. The molecule has 2 fully saturated rings. The molecule has 5 heteroatoms. The Morgan fingerprint density at radius 2 is 2.00 bits per heavy atom. The zero-order valence-electron chi connectivity index (χ0n) is 12.6. The lowest BCUT2D eigenvalue weighted by atomic mass is 9.76. The van der Waals surface area contributed by atoms with Gasteiger partial charge >= 0.3 is 0 Å². The Hall–Kier alpha value is -1.36. The number of sulfonamides is 1. The molecule has 2 atom stereocenters. The Morgan fingerprint density at radius 1 is 1.29 bits per heavy atom. The molecule has 4 nitrogen and oxygen atoms in total. The molecule has 21 heavy (non-hydrogen) atoms. The van der Waals surface area contributed by atoms with Gasteiger partial charge in [0.1, 0.15) is 0 Å². The largest absolute Gasteiger partial charge is 0.276 e. The third-order valence-electron chi connectivity index (χ3n) is 4.75. The van der Waals surface area contributed by atoms with Crippen molar-refractivity contribution in [2.24, 2.45) is 16.4 Å². The smallest absolute Gasteiger partial charge is 0.200 e. The van der Waals surface area contributed by atoms with Gasteiger partial charge in [-0.05, 0) is 62.5 Å². The van der Waals surface area contributed by atoms with Crippen LogP contribution in [0, 0.1) is 18.3 Å². The first-order valence-corrected chi connectivity index (χ1v) is 8.99. The minimum atomic E-state index is -3.55. The van der Waals surface area contributed by atoms with Crippen molar-refractivity contribution >= 4 is 15.7 Å². The van der Waals surface area contributed by atoms with Crippen LogP contribution in [0.4, 0.5) is 0 Å². The summed E-state index contributed by atoms with van der Waals surface area (Å²) in [5.41, 5.74) is 2.37. The highest BCUT2D eigenvalue weighted by atomic mass is 32.2. The van der Waals surface area contributed by atoms with E-state index in [2.05, 4.69) is 16.9 Å². The minimum absolute atomic E-state index is 0.266. The Balaban J connectivity index is 1.74. The van der Waals surface area contributed by atoms with Crippen LogP contribution in [0.25, 0.3) is 0 Å². The SMILES string of the molecule is Cc1ccc(S(=O)(=O)N/N=C2/CC3CCC(C)(C2)C3)cc1. The van der Waals surface area contributed by atoms with Crippen molar-refractivity contribution < 1.29 is 8.42 Å². The number of nitrogens with one attached hydrogen (secondary N) is 1. The molecule has 3 rings (SSSR count). The molecule has 0 radical (unpaired) electrons. The standard InChI is InChI=1S/C16H22N2O2S/c1-12-3-5-15(6-4-12)21(19,20)18-17-14-9-13-7-8-16(2,10-13)11-14/h3-6,13,18H,7-11H2,1-2H3/b17-14-. The molecule has 0 aromatic heterocycles. The average molecular weight is 306 g/mol. The van der Waals surface area contributed by atoms with E-state index in [1.165, 1.54) is 19.3 Å². The highest BCUT2D eigenvalue weighted by molar-refractivity contribution is 7.89. The van der Waals surface area contributed by atoms with E-state index < -0.39 is 10.0 Å². The molecule has 1 N–H and O–H groups in total. The second-order valence-corrected chi connectivity index (χ2v) is 8.55. The maximum absolute atomic E-state index is 12.2. The van der Waals surface area contributed by atoms with Crippen LogP contribution in [-0.4, -0.2) is 14.1 Å². The summed E-state index contributed by atoms with van der Waals surface area (Å²) in [7, 11) is -3.55. The number of rotatable bonds is 3. The molecule has 2 aliphatic carbocycles. The molecule has 114 valence electrons. The molecule has 0 heterocycles. The molecule has 0 amide bonds. The lowest BCUT2D eigenvalue weighted by molar-refractivity contribution is 0.314. The maximum atomic E-state index is 12.2. The van der Waals surface area contributed by atoms with E-state index in [-0.39, 0.29) is 4.90 Å². The fourth-order valence-corrected chi connectivity index (χ4v) is 4.52. The molecule has 2 aliphatic rings. The summed E-state index contributed by atoms with van der Waals surface area (Å²) in [6.07, 6.45) is 5.60. The van der Waals surface area contributed by atoms with Crippen LogP contribution in [0.3, 0.4) is 0 Å². The third-order valence-corrected chi connectivity index (χ3v) is 5.97. The van der Waals surface area contributed by atoms with Crippen molar-refractivity contribution in [2.45, 2.75) is 50.8 Å². The maximum Gasteiger partial charge on any atom is 0.276 e. The zero-order valence-corrected chi connectivity index (χ0v) is 13.4. The number of fused-ring (bicyclic) bond motifs is 2. The fraction of sp³-hybridized carbons (Fsp3) is 0.562. The van der Waals surface area contributed by atoms with Gasteiger partial charge in [-0.15, -0.1) is 0 Å². The van der Waals surface area contributed by atoms with Crippen molar-refractivity contribution in [2.75, 3.05) is 0 Å². The number of benzene rings is 1. The highest BCUT2D eigenvalue weighted by Crippen LogP contribution is 2.49. The first-order chi connectivity index (χ1) is 9.86. The monoisotopic (exact) mass is 306 g/mol. The van der Waals surface area contributed by atoms with E-state index in [0.717, 1.165) is 24.1 Å². The third kappa shape index (κ3) is 3.12. The van der Waals surface area contributed by atoms with Crippen LogP contribution in [0.15, 0.2) is 34.3 Å². The quantitative estimate of drug-likeness (QED) is 0.872. The summed E-state index contributed by atoms with van der Waals surface area (Å²) in [4.78, 5) is 2.68. The van der Waals surface area contributed by atoms with E-state index in [1.54, 1.807) is 24.3 Å². The van der Waals surface area contributed by atoms with Crippen LogP contribution < -0.4 is 4.83 Å². The van der Waals surface area contributed by atoms with Gasteiger partial charge in [0.15, 0.2) is 0 Å². The van der Waals surface area contributed by atoms with Gasteiger partial charge in [0, 0.05) is 5.71 Å². The minimum Gasteiger partial charge on any atom is -0.200 e. The van der Waals surface area contributed by atoms with Gasteiger partial charge in [-0.1, -0.05) is 24.6 Å². The first kappa shape index (κ1) is 14.6. The topological polar surface area (TPSA) is 58.5 Å². The summed E-state index contributed by atoms with van der Waals surface area (Å²) in [6.45, 7) is 4.22. The second kappa shape index (κ2) is 5.13. The van der Waals surface area contributed by atoms with Crippen LogP contribution >= 0.6 is 0 Å². The van der Waals surface area contributed by atoms with E-state index in [0.29, 0.717) is 11.3 Å². The summed E-state index contributed by atoms with van der Waals surface area (Å²) in [5, 5.41) is 4.22. The molecule has 0 spiro atoms. The molecule has 2 saturated carbocycles. The summed E-state index contributed by atoms with van der Waals surface area (Å²) < 4.78 is 24.5. The van der Waals surface area contributed by atoms with Crippen LogP contribution in [0.2, 0.25) is 0 Å². The van der Waals surface area contributed by atoms with Gasteiger partial charge in [-0.3, -0.25) is 0 Å². The van der Waals surface area contributed by atoms with Gasteiger partial charge in [-0.2, -0.15) is 13.5 Å². The summed E-state index contributed by atoms with van der Waals surface area (Å²) in [5.74, 6) is 0.686. The Kier molecular flexibility index (Phi) is 3.56. The van der Waals surface area contributed by atoms with Gasteiger partial charge in [-0.25, -0.2) is 4.83 Å². The van der Waals surface area contributed by atoms with Crippen LogP contribution in [-0.2, 0) is 10.0 Å². The Bertz CT molecular complexity index is 664. The molecule has 2 bridgehead atoms. The van der Waals surface area contributed by atoms with E-state index >= 15 is 0 Å². The second-order valence-electron chi connectivity index (χ2n) is 6.89. The lowest BCUT2D eigenvalue weighted by Gasteiger charge is -2.29. The summed E-state index contributed by atoms with van der Waals surface area (Å²) in [6, 6.07) is 6.82. The Labute approximate surface area is 126 Å². The van der Waals surface area contributed by atoms with E-state index in [1.807, 2.05) is 6.92 Å². The number of hydrazone groups is 1. The van der Waals surface area contributed by atoms with Crippen LogP contribution in [0.1, 0.15) is 44.6 Å². The normalized spacial score (nSPS) is 30.6. The fourth-order valence-electron chi connectivity index (χ4n) is 3.67. The van der Waals surface area contributed by atoms with Crippen molar-refractivity contribution in [1.29, 1.82) is 0 Å². The number of aryl methyl sites for hydroxylation is 1.